The van der Waals surface area contributed by atoms with E-state index in [-0.39, 0.29) is 6.79 Å². The lowest BCUT2D eigenvalue weighted by molar-refractivity contribution is 0.0136. The SMILES string of the molecule is CS(=O)(=O)OC1=CC=C2OCOC=C2C1. The lowest BCUT2D eigenvalue weighted by Gasteiger charge is -2.21. The Balaban J connectivity index is 2.19. The molecule has 2 rings (SSSR count). The molecule has 1 aliphatic heterocycles. The van der Waals surface area contributed by atoms with Crippen LogP contribution in [0.3, 0.4) is 0 Å². The van der Waals surface area contributed by atoms with Crippen molar-refractivity contribution in [2.45, 2.75) is 6.42 Å². The zero-order valence-corrected chi connectivity index (χ0v) is 8.91. The highest BCUT2D eigenvalue weighted by Crippen LogP contribution is 2.28. The van der Waals surface area contributed by atoms with Crippen molar-refractivity contribution in [1.29, 1.82) is 0 Å². The number of fused-ring (bicyclic) bond motifs is 1. The number of allylic oxidation sites excluding steroid dienone is 4. The number of hydrogen-bond donors (Lipinski definition) is 0. The third kappa shape index (κ3) is 2.53. The quantitative estimate of drug-likeness (QED) is 0.663. The minimum Gasteiger partial charge on any atom is -0.465 e. The third-order valence-electron chi connectivity index (χ3n) is 1.87. The zero-order chi connectivity index (χ0) is 10.9. The average molecular weight is 230 g/mol. The Bertz CT molecular complexity index is 455. The normalized spacial score (nSPS) is 19.9. The zero-order valence-electron chi connectivity index (χ0n) is 8.10. The van der Waals surface area contributed by atoms with Crippen LogP contribution in [0.25, 0.3) is 0 Å². The Kier molecular flexibility index (Phi) is 2.44. The van der Waals surface area contributed by atoms with Crippen molar-refractivity contribution in [1.82, 2.24) is 0 Å². The van der Waals surface area contributed by atoms with Gasteiger partial charge in [0.2, 0.25) is 6.79 Å². The molecule has 0 amide bonds. The van der Waals surface area contributed by atoms with E-state index < -0.39 is 10.1 Å². The maximum Gasteiger partial charge on any atom is 0.305 e. The van der Waals surface area contributed by atoms with Gasteiger partial charge >= 0.3 is 10.1 Å². The van der Waals surface area contributed by atoms with Crippen molar-refractivity contribution in [2.75, 3.05) is 13.0 Å². The van der Waals surface area contributed by atoms with Gasteiger partial charge in [-0.05, 0) is 12.2 Å². The summed E-state index contributed by atoms with van der Waals surface area (Å²) in [6.45, 7) is 0.186. The van der Waals surface area contributed by atoms with Gasteiger partial charge in [0, 0.05) is 12.0 Å². The second-order valence-corrected chi connectivity index (χ2v) is 4.77. The van der Waals surface area contributed by atoms with Crippen molar-refractivity contribution >= 4 is 10.1 Å². The Morgan fingerprint density at radius 2 is 2.20 bits per heavy atom. The molecule has 0 atom stereocenters. The van der Waals surface area contributed by atoms with Crippen LogP contribution in [0, 0.1) is 0 Å². The van der Waals surface area contributed by atoms with Gasteiger partial charge in [-0.15, -0.1) is 0 Å². The van der Waals surface area contributed by atoms with E-state index in [9.17, 15) is 8.42 Å². The van der Waals surface area contributed by atoms with Crippen LogP contribution in [0.2, 0.25) is 0 Å². The van der Waals surface area contributed by atoms with E-state index in [0.717, 1.165) is 11.8 Å². The summed E-state index contributed by atoms with van der Waals surface area (Å²) >= 11 is 0. The molecule has 6 heteroatoms. The highest BCUT2D eigenvalue weighted by atomic mass is 32.2. The molecule has 2 aliphatic rings. The molecule has 15 heavy (non-hydrogen) atoms. The fourth-order valence-corrected chi connectivity index (χ4v) is 1.84. The molecule has 1 heterocycles. The monoisotopic (exact) mass is 230 g/mol. The summed E-state index contributed by atoms with van der Waals surface area (Å²) in [6.07, 6.45) is 6.17. The van der Waals surface area contributed by atoms with Gasteiger partial charge in [-0.1, -0.05) is 0 Å². The molecule has 0 aromatic rings. The molecule has 0 spiro atoms. The van der Waals surface area contributed by atoms with Gasteiger partial charge in [-0.2, -0.15) is 8.42 Å². The molecule has 1 aliphatic carbocycles. The third-order valence-corrected chi connectivity index (χ3v) is 2.39. The Labute approximate surface area is 87.8 Å². The highest BCUT2D eigenvalue weighted by Gasteiger charge is 2.20. The highest BCUT2D eigenvalue weighted by molar-refractivity contribution is 7.86. The van der Waals surface area contributed by atoms with Gasteiger partial charge in [0.15, 0.2) is 0 Å². The topological polar surface area (TPSA) is 61.8 Å². The maximum absolute atomic E-state index is 10.9. The summed E-state index contributed by atoms with van der Waals surface area (Å²) in [7, 11) is -3.47. The Morgan fingerprint density at radius 3 is 2.93 bits per heavy atom. The largest absolute Gasteiger partial charge is 0.465 e. The van der Waals surface area contributed by atoms with Gasteiger partial charge in [0.25, 0.3) is 0 Å². The molecule has 5 nitrogen and oxygen atoms in total. The smallest absolute Gasteiger partial charge is 0.305 e. The first kappa shape index (κ1) is 10.1. The molecule has 0 N–H and O–H groups in total. The second kappa shape index (κ2) is 3.62. The van der Waals surface area contributed by atoms with Crippen LogP contribution in [-0.4, -0.2) is 21.5 Å². The summed E-state index contributed by atoms with van der Waals surface area (Å²) in [5, 5.41) is 0. The van der Waals surface area contributed by atoms with Crippen LogP contribution in [0.5, 0.6) is 0 Å². The first-order chi connectivity index (χ1) is 7.04. The first-order valence-electron chi connectivity index (χ1n) is 4.29. The van der Waals surface area contributed by atoms with E-state index in [4.69, 9.17) is 13.7 Å². The number of ether oxygens (including phenoxy) is 2. The predicted octanol–water partition coefficient (Wildman–Crippen LogP) is 1.02. The lowest BCUT2D eigenvalue weighted by atomic mass is 10.1. The molecule has 0 saturated carbocycles. The van der Waals surface area contributed by atoms with E-state index in [0.29, 0.717) is 17.9 Å². The summed E-state index contributed by atoms with van der Waals surface area (Å²) in [4.78, 5) is 0. The number of hydrogen-bond acceptors (Lipinski definition) is 5. The molecular formula is C9H10O5S. The van der Waals surface area contributed by atoms with Gasteiger partial charge in [-0.25, -0.2) is 0 Å². The molecule has 0 fully saturated rings. The van der Waals surface area contributed by atoms with E-state index in [1.54, 1.807) is 18.4 Å². The summed E-state index contributed by atoms with van der Waals surface area (Å²) in [6, 6.07) is 0. The molecule has 0 radical (unpaired) electrons. The van der Waals surface area contributed by atoms with Crippen molar-refractivity contribution in [3.63, 3.8) is 0 Å². The van der Waals surface area contributed by atoms with Crippen LogP contribution in [0.1, 0.15) is 6.42 Å². The maximum atomic E-state index is 10.9. The van der Waals surface area contributed by atoms with Crippen LogP contribution >= 0.6 is 0 Å². The van der Waals surface area contributed by atoms with Gasteiger partial charge in [0.05, 0.1) is 12.5 Å². The Hall–Kier alpha value is -1.43. The molecule has 0 bridgehead atoms. The lowest BCUT2D eigenvalue weighted by Crippen LogP contribution is -2.12. The summed E-state index contributed by atoms with van der Waals surface area (Å²) < 4.78 is 36.7. The molecule has 0 aromatic heterocycles. The standard InChI is InChI=1S/C9H10O5S/c1-15(10,11)14-8-2-3-9-7(4-8)5-12-6-13-9/h2-3,5H,4,6H2,1H3. The van der Waals surface area contributed by atoms with Crippen molar-refractivity contribution < 1.29 is 22.1 Å². The Morgan fingerprint density at radius 1 is 1.40 bits per heavy atom. The summed E-state index contributed by atoms with van der Waals surface area (Å²) in [5.41, 5.74) is 0.780. The van der Waals surface area contributed by atoms with Crippen LogP contribution in [0.4, 0.5) is 0 Å². The van der Waals surface area contributed by atoms with E-state index in [1.165, 1.54) is 0 Å². The first-order valence-corrected chi connectivity index (χ1v) is 6.10. The van der Waals surface area contributed by atoms with E-state index >= 15 is 0 Å². The number of rotatable bonds is 2. The van der Waals surface area contributed by atoms with Crippen molar-refractivity contribution in [3.8, 4) is 0 Å². The molecule has 82 valence electrons. The minimum atomic E-state index is -3.47. The predicted molar refractivity (Wildman–Crippen MR) is 51.8 cm³/mol. The van der Waals surface area contributed by atoms with Crippen LogP contribution in [0.15, 0.2) is 35.5 Å². The molecule has 0 saturated heterocycles. The second-order valence-electron chi connectivity index (χ2n) is 3.20. The van der Waals surface area contributed by atoms with Gasteiger partial charge in [-0.3, -0.25) is 0 Å². The minimum absolute atomic E-state index is 0.186. The fraction of sp³-hybridized carbons (Fsp3) is 0.333. The van der Waals surface area contributed by atoms with Gasteiger partial charge in [0.1, 0.15) is 11.5 Å². The average Bonchev–Trinajstić information content (AvgIpc) is 2.15. The van der Waals surface area contributed by atoms with E-state index in [2.05, 4.69) is 0 Å². The van der Waals surface area contributed by atoms with Gasteiger partial charge < -0.3 is 13.7 Å². The summed E-state index contributed by atoms with van der Waals surface area (Å²) in [5.74, 6) is 1.06. The van der Waals surface area contributed by atoms with Crippen LogP contribution < -0.4 is 0 Å². The molecular weight excluding hydrogens is 220 g/mol. The van der Waals surface area contributed by atoms with Crippen molar-refractivity contribution in [2.24, 2.45) is 0 Å². The molecule has 0 aromatic carbocycles. The fourth-order valence-electron chi connectivity index (χ4n) is 1.33. The van der Waals surface area contributed by atoms with E-state index in [1.807, 2.05) is 0 Å². The van der Waals surface area contributed by atoms with Crippen molar-refractivity contribution in [3.05, 3.63) is 35.5 Å². The van der Waals surface area contributed by atoms with Crippen LogP contribution in [-0.2, 0) is 23.8 Å². The molecule has 0 unspecified atom stereocenters.